The molecule has 0 spiro atoms. The lowest BCUT2D eigenvalue weighted by Gasteiger charge is -2.03. The molecule has 1 amide bonds. The zero-order valence-electron chi connectivity index (χ0n) is 8.62. The van der Waals surface area contributed by atoms with Gasteiger partial charge in [0.25, 0.3) is 0 Å². The fraction of sp³-hybridized carbons (Fsp3) is 0.182. The monoisotopic (exact) mass is 239 g/mol. The normalized spacial score (nSPS) is 9.88. The maximum atomic E-state index is 11.5. The molecule has 0 atom stereocenters. The van der Waals surface area contributed by atoms with E-state index in [1.807, 2.05) is 0 Å². The summed E-state index contributed by atoms with van der Waals surface area (Å²) in [5, 5.41) is 0.187. The number of hydrogen-bond acceptors (Lipinski definition) is 3. The first-order valence-corrected chi connectivity index (χ1v) is 4.91. The number of benzene rings is 1. The molecule has 4 nitrogen and oxygen atoms in total. The van der Waals surface area contributed by atoms with Crippen molar-refractivity contribution >= 4 is 29.1 Å². The van der Waals surface area contributed by atoms with Crippen molar-refractivity contribution in [3.63, 3.8) is 0 Å². The molecule has 0 unspecified atom stereocenters. The zero-order chi connectivity index (χ0) is 12.3. The Bertz CT molecular complexity index is 468. The SMILES string of the molecule is CC(=O)CC(=O)c1ccc(Cl)c(C(N)=O)c1. The van der Waals surface area contributed by atoms with E-state index in [1.165, 1.54) is 25.1 Å². The zero-order valence-corrected chi connectivity index (χ0v) is 9.38. The van der Waals surface area contributed by atoms with E-state index in [-0.39, 0.29) is 34.1 Å². The van der Waals surface area contributed by atoms with Crippen LogP contribution in [-0.4, -0.2) is 17.5 Å². The molecule has 0 heterocycles. The molecule has 84 valence electrons. The molecule has 0 aromatic heterocycles. The molecule has 0 fully saturated rings. The first-order chi connectivity index (χ1) is 7.41. The summed E-state index contributed by atoms with van der Waals surface area (Å²) in [6.45, 7) is 1.32. The summed E-state index contributed by atoms with van der Waals surface area (Å²) in [6.07, 6.45) is -0.195. The fourth-order valence-electron chi connectivity index (χ4n) is 1.22. The van der Waals surface area contributed by atoms with Gasteiger partial charge in [0.15, 0.2) is 5.78 Å². The van der Waals surface area contributed by atoms with E-state index in [9.17, 15) is 14.4 Å². The van der Waals surface area contributed by atoms with Crippen LogP contribution in [0, 0.1) is 0 Å². The average Bonchev–Trinajstić information content (AvgIpc) is 2.16. The lowest BCUT2D eigenvalue weighted by molar-refractivity contribution is -0.116. The van der Waals surface area contributed by atoms with Crippen LogP contribution in [0.3, 0.4) is 0 Å². The molecule has 0 saturated heterocycles. The van der Waals surface area contributed by atoms with Crippen molar-refractivity contribution in [2.75, 3.05) is 0 Å². The minimum absolute atomic E-state index is 0.0797. The summed E-state index contributed by atoms with van der Waals surface area (Å²) >= 11 is 5.72. The number of carbonyl (C=O) groups excluding carboxylic acids is 3. The molecule has 0 radical (unpaired) electrons. The number of carbonyl (C=O) groups is 3. The molecule has 0 bridgehead atoms. The minimum Gasteiger partial charge on any atom is -0.366 e. The number of rotatable bonds is 4. The second-order valence-electron chi connectivity index (χ2n) is 3.36. The van der Waals surface area contributed by atoms with E-state index in [0.717, 1.165) is 0 Å². The van der Waals surface area contributed by atoms with Gasteiger partial charge in [0, 0.05) is 5.56 Å². The van der Waals surface area contributed by atoms with Crippen molar-refractivity contribution in [2.45, 2.75) is 13.3 Å². The Morgan fingerprint density at radius 1 is 1.31 bits per heavy atom. The van der Waals surface area contributed by atoms with Gasteiger partial charge in [0.1, 0.15) is 5.78 Å². The van der Waals surface area contributed by atoms with Crippen LogP contribution in [0.25, 0.3) is 0 Å². The van der Waals surface area contributed by atoms with E-state index in [2.05, 4.69) is 0 Å². The maximum absolute atomic E-state index is 11.5. The molecule has 1 aromatic rings. The van der Waals surface area contributed by atoms with Crippen LogP contribution in [-0.2, 0) is 4.79 Å². The third-order valence-electron chi connectivity index (χ3n) is 1.96. The number of primary amides is 1. The average molecular weight is 240 g/mol. The van der Waals surface area contributed by atoms with Crippen LogP contribution >= 0.6 is 11.6 Å². The molecular formula is C11H10ClNO3. The molecule has 2 N–H and O–H groups in total. The van der Waals surface area contributed by atoms with Gasteiger partial charge in [0.2, 0.25) is 5.91 Å². The van der Waals surface area contributed by atoms with Gasteiger partial charge in [-0.15, -0.1) is 0 Å². The molecule has 16 heavy (non-hydrogen) atoms. The van der Waals surface area contributed by atoms with Crippen molar-refractivity contribution in [3.05, 3.63) is 34.3 Å². The summed E-state index contributed by atoms with van der Waals surface area (Å²) in [5.41, 5.74) is 5.42. The fourth-order valence-corrected chi connectivity index (χ4v) is 1.43. The van der Waals surface area contributed by atoms with Crippen LogP contribution in [0.15, 0.2) is 18.2 Å². The summed E-state index contributed by atoms with van der Waals surface area (Å²) < 4.78 is 0. The Morgan fingerprint density at radius 3 is 2.44 bits per heavy atom. The highest BCUT2D eigenvalue weighted by Gasteiger charge is 2.13. The number of hydrogen-bond donors (Lipinski definition) is 1. The van der Waals surface area contributed by atoms with Crippen LogP contribution in [0.1, 0.15) is 34.1 Å². The van der Waals surface area contributed by atoms with E-state index < -0.39 is 5.91 Å². The Hall–Kier alpha value is -1.68. The summed E-state index contributed by atoms with van der Waals surface area (Å²) in [6, 6.07) is 4.17. The molecule has 1 aromatic carbocycles. The first kappa shape index (κ1) is 12.4. The third kappa shape index (κ3) is 2.90. The quantitative estimate of drug-likeness (QED) is 0.640. The van der Waals surface area contributed by atoms with Crippen molar-refractivity contribution < 1.29 is 14.4 Å². The summed E-state index contributed by atoms with van der Waals surface area (Å²) in [7, 11) is 0. The van der Waals surface area contributed by atoms with Crippen LogP contribution in [0.5, 0.6) is 0 Å². The van der Waals surface area contributed by atoms with Crippen LogP contribution < -0.4 is 5.73 Å². The number of ketones is 2. The molecule has 5 heteroatoms. The number of amides is 1. The van der Waals surface area contributed by atoms with E-state index in [1.54, 1.807) is 0 Å². The Morgan fingerprint density at radius 2 is 1.94 bits per heavy atom. The lowest BCUT2D eigenvalue weighted by atomic mass is 10.0. The highest BCUT2D eigenvalue weighted by atomic mass is 35.5. The van der Waals surface area contributed by atoms with Gasteiger partial charge in [-0.3, -0.25) is 14.4 Å². The predicted molar refractivity (Wildman–Crippen MR) is 59.6 cm³/mol. The van der Waals surface area contributed by atoms with Gasteiger partial charge >= 0.3 is 0 Å². The van der Waals surface area contributed by atoms with Gasteiger partial charge < -0.3 is 5.73 Å². The predicted octanol–water partition coefficient (Wildman–Crippen LogP) is 1.60. The third-order valence-corrected chi connectivity index (χ3v) is 2.29. The van der Waals surface area contributed by atoms with Crippen molar-refractivity contribution in [1.82, 2.24) is 0 Å². The smallest absolute Gasteiger partial charge is 0.250 e. The lowest BCUT2D eigenvalue weighted by Crippen LogP contribution is -2.13. The number of halogens is 1. The Kier molecular flexibility index (Phi) is 3.79. The Balaban J connectivity index is 3.08. The van der Waals surface area contributed by atoms with E-state index in [4.69, 9.17) is 17.3 Å². The summed E-state index contributed by atoms with van der Waals surface area (Å²) in [5.74, 6) is -1.30. The second kappa shape index (κ2) is 4.90. The highest BCUT2D eigenvalue weighted by molar-refractivity contribution is 6.34. The molecule has 1 rings (SSSR count). The van der Waals surface area contributed by atoms with Crippen LogP contribution in [0.4, 0.5) is 0 Å². The van der Waals surface area contributed by atoms with Gasteiger partial charge in [-0.1, -0.05) is 11.6 Å². The van der Waals surface area contributed by atoms with E-state index >= 15 is 0 Å². The standard InChI is InChI=1S/C11H10ClNO3/c1-6(14)4-10(15)7-2-3-9(12)8(5-7)11(13)16/h2-3,5H,4H2,1H3,(H2,13,16). The molecule has 0 saturated carbocycles. The van der Waals surface area contributed by atoms with Gasteiger partial charge in [0.05, 0.1) is 17.0 Å². The summed E-state index contributed by atoms with van der Waals surface area (Å²) in [4.78, 5) is 33.3. The Labute approximate surface area is 97.4 Å². The molecular weight excluding hydrogens is 230 g/mol. The van der Waals surface area contributed by atoms with E-state index in [0.29, 0.717) is 0 Å². The topological polar surface area (TPSA) is 77.2 Å². The number of Topliss-reactive ketones (excluding diaryl/α,β-unsaturated/α-hetero) is 2. The second-order valence-corrected chi connectivity index (χ2v) is 3.77. The molecule has 0 aliphatic heterocycles. The van der Waals surface area contributed by atoms with Gasteiger partial charge in [-0.2, -0.15) is 0 Å². The van der Waals surface area contributed by atoms with Crippen molar-refractivity contribution in [1.29, 1.82) is 0 Å². The van der Waals surface area contributed by atoms with Crippen molar-refractivity contribution in [2.24, 2.45) is 5.73 Å². The van der Waals surface area contributed by atoms with Crippen molar-refractivity contribution in [3.8, 4) is 0 Å². The maximum Gasteiger partial charge on any atom is 0.250 e. The largest absolute Gasteiger partial charge is 0.366 e. The molecule has 0 aliphatic carbocycles. The molecule has 0 aliphatic rings. The number of nitrogens with two attached hydrogens (primary N) is 1. The van der Waals surface area contributed by atoms with Gasteiger partial charge in [-0.25, -0.2) is 0 Å². The van der Waals surface area contributed by atoms with Crippen LogP contribution in [0.2, 0.25) is 5.02 Å². The highest BCUT2D eigenvalue weighted by Crippen LogP contribution is 2.18. The minimum atomic E-state index is -0.706. The van der Waals surface area contributed by atoms with Gasteiger partial charge in [-0.05, 0) is 25.1 Å². The first-order valence-electron chi connectivity index (χ1n) is 4.54.